The van der Waals surface area contributed by atoms with Crippen LogP contribution in [0.4, 0.5) is 4.39 Å². The monoisotopic (exact) mass is 469 g/mol. The summed E-state index contributed by atoms with van der Waals surface area (Å²) in [6.45, 7) is 7.68. The van der Waals surface area contributed by atoms with Crippen molar-refractivity contribution < 1.29 is 33.7 Å². The van der Waals surface area contributed by atoms with Crippen LogP contribution in [0.1, 0.15) is 33.3 Å². The number of hydrogen-bond acceptors (Lipinski definition) is 5. The average Bonchev–Trinajstić information content (AvgIpc) is 2.68. The van der Waals surface area contributed by atoms with E-state index in [1.54, 1.807) is 39.7 Å². The number of hydrogen-bond donors (Lipinski definition) is 2. The smallest absolute Gasteiger partial charge is 0.334 e. The van der Waals surface area contributed by atoms with Gasteiger partial charge in [-0.05, 0) is 31.9 Å². The highest BCUT2D eigenvalue weighted by atomic mass is 35.5. The molecule has 0 bridgehead atoms. The van der Waals surface area contributed by atoms with Crippen LogP contribution in [-0.4, -0.2) is 60.5 Å². The number of rotatable bonds is 10. The maximum absolute atomic E-state index is 15.2. The van der Waals surface area contributed by atoms with Gasteiger partial charge in [0.15, 0.2) is 0 Å². The SMILES string of the molecule is COCCOCCN1C(C)=C(C(=O)O)C(c2c(F)cccc2Cl)(C(C)C)C(C(=O)O)=C1C. The lowest BCUT2D eigenvalue weighted by molar-refractivity contribution is -0.135. The molecule has 32 heavy (non-hydrogen) atoms. The van der Waals surface area contributed by atoms with Gasteiger partial charge in [-0.2, -0.15) is 0 Å². The fraction of sp³-hybridized carbons (Fsp3) is 0.478. The highest BCUT2D eigenvalue weighted by Crippen LogP contribution is 2.54. The molecule has 2 N–H and O–H groups in total. The summed E-state index contributed by atoms with van der Waals surface area (Å²) >= 11 is 6.38. The van der Waals surface area contributed by atoms with Crippen molar-refractivity contribution >= 4 is 23.5 Å². The maximum Gasteiger partial charge on any atom is 0.334 e. The van der Waals surface area contributed by atoms with Crippen LogP contribution < -0.4 is 0 Å². The quantitative estimate of drug-likeness (QED) is 0.498. The summed E-state index contributed by atoms with van der Waals surface area (Å²) in [5.74, 6) is -4.08. The molecule has 0 saturated carbocycles. The van der Waals surface area contributed by atoms with Gasteiger partial charge in [0, 0.05) is 35.6 Å². The average molecular weight is 470 g/mol. The second kappa shape index (κ2) is 10.5. The summed E-state index contributed by atoms with van der Waals surface area (Å²) in [6.07, 6.45) is 0. The molecule has 0 aliphatic carbocycles. The minimum absolute atomic E-state index is 0.0341. The Labute approximate surface area is 192 Å². The molecule has 176 valence electrons. The standard InChI is InChI=1S/C23H29ClFNO6/c1-13(2)23(20-16(24)7-6-8-17(20)25)18(21(27)28)14(3)26(9-10-32-12-11-31-5)15(4)19(23)22(29)30/h6-8,13H,9-12H2,1-5H3,(H,27,28)(H,29,30). The Morgan fingerprint density at radius 1 is 1.09 bits per heavy atom. The maximum atomic E-state index is 15.2. The predicted molar refractivity (Wildman–Crippen MR) is 118 cm³/mol. The first kappa shape index (κ1) is 25.8. The van der Waals surface area contributed by atoms with Crippen molar-refractivity contribution in [3.05, 3.63) is 57.1 Å². The summed E-state index contributed by atoms with van der Waals surface area (Å²) in [4.78, 5) is 26.8. The van der Waals surface area contributed by atoms with Crippen molar-refractivity contribution in [1.82, 2.24) is 4.90 Å². The van der Waals surface area contributed by atoms with E-state index in [4.69, 9.17) is 21.1 Å². The molecule has 9 heteroatoms. The number of aliphatic carboxylic acids is 2. The number of benzene rings is 1. The lowest BCUT2D eigenvalue weighted by Crippen LogP contribution is -2.50. The number of allylic oxidation sites excluding steroid dienone is 2. The second-order valence-corrected chi connectivity index (χ2v) is 8.25. The molecular weight excluding hydrogens is 441 g/mol. The minimum Gasteiger partial charge on any atom is -0.478 e. The van der Waals surface area contributed by atoms with Gasteiger partial charge in [0.25, 0.3) is 0 Å². The fourth-order valence-electron chi connectivity index (χ4n) is 4.59. The molecule has 1 aliphatic heterocycles. The Kier molecular flexibility index (Phi) is 8.45. The van der Waals surface area contributed by atoms with Crippen molar-refractivity contribution in [2.45, 2.75) is 33.1 Å². The summed E-state index contributed by atoms with van der Waals surface area (Å²) in [6, 6.07) is 3.99. The molecular formula is C23H29ClFNO6. The van der Waals surface area contributed by atoms with E-state index in [1.807, 2.05) is 0 Å². The van der Waals surface area contributed by atoms with Crippen molar-refractivity contribution in [2.75, 3.05) is 33.5 Å². The minimum atomic E-state index is -1.80. The van der Waals surface area contributed by atoms with Gasteiger partial charge < -0.3 is 24.6 Å². The van der Waals surface area contributed by atoms with E-state index in [2.05, 4.69) is 0 Å². The van der Waals surface area contributed by atoms with Gasteiger partial charge in [0.1, 0.15) is 5.82 Å². The molecule has 2 rings (SSSR count). The lowest BCUT2D eigenvalue weighted by atomic mass is 9.59. The van der Waals surface area contributed by atoms with Crippen LogP contribution in [0.25, 0.3) is 0 Å². The zero-order valence-corrected chi connectivity index (χ0v) is 19.6. The molecule has 1 aliphatic rings. The summed E-state index contributed by atoms with van der Waals surface area (Å²) in [7, 11) is 1.55. The highest BCUT2D eigenvalue weighted by Gasteiger charge is 2.55. The number of carboxylic acid groups (broad SMARTS) is 2. The molecule has 7 nitrogen and oxygen atoms in total. The number of halogens is 2. The van der Waals surface area contributed by atoms with Gasteiger partial charge in [0.2, 0.25) is 0 Å². The van der Waals surface area contributed by atoms with Crippen LogP contribution in [0, 0.1) is 11.7 Å². The van der Waals surface area contributed by atoms with Crippen LogP contribution in [0.2, 0.25) is 5.02 Å². The number of methoxy groups -OCH3 is 1. The molecule has 0 unspecified atom stereocenters. The number of ether oxygens (including phenoxy) is 2. The van der Waals surface area contributed by atoms with Crippen LogP contribution >= 0.6 is 11.6 Å². The third kappa shape index (κ3) is 4.40. The van der Waals surface area contributed by atoms with E-state index in [0.717, 1.165) is 6.07 Å². The van der Waals surface area contributed by atoms with Crippen molar-refractivity contribution in [1.29, 1.82) is 0 Å². The zero-order chi connectivity index (χ0) is 24.2. The highest BCUT2D eigenvalue weighted by molar-refractivity contribution is 6.31. The van der Waals surface area contributed by atoms with Crippen LogP contribution in [0.5, 0.6) is 0 Å². The Morgan fingerprint density at radius 3 is 2.09 bits per heavy atom. The van der Waals surface area contributed by atoms with Crippen LogP contribution in [-0.2, 0) is 24.5 Å². The summed E-state index contributed by atoms with van der Waals surface area (Å²) < 4.78 is 25.7. The molecule has 0 saturated heterocycles. The van der Waals surface area contributed by atoms with Gasteiger partial charge in [-0.3, -0.25) is 0 Å². The molecule has 0 aromatic heterocycles. The number of carbonyl (C=O) groups is 2. The second-order valence-electron chi connectivity index (χ2n) is 7.85. The molecule has 1 heterocycles. The van der Waals surface area contributed by atoms with E-state index in [-0.39, 0.29) is 34.9 Å². The number of carboxylic acids is 2. The molecule has 0 fully saturated rings. The van der Waals surface area contributed by atoms with Gasteiger partial charge in [-0.25, -0.2) is 14.0 Å². The molecule has 0 spiro atoms. The summed E-state index contributed by atoms with van der Waals surface area (Å²) in [5, 5.41) is 20.5. The van der Waals surface area contributed by atoms with E-state index in [0.29, 0.717) is 24.6 Å². The first-order valence-electron chi connectivity index (χ1n) is 10.2. The largest absolute Gasteiger partial charge is 0.478 e. The van der Waals surface area contributed by atoms with E-state index >= 15 is 4.39 Å². The Morgan fingerprint density at radius 2 is 1.66 bits per heavy atom. The van der Waals surface area contributed by atoms with Crippen LogP contribution in [0.15, 0.2) is 40.7 Å². The zero-order valence-electron chi connectivity index (χ0n) is 18.9. The van der Waals surface area contributed by atoms with Crippen molar-refractivity contribution in [3.63, 3.8) is 0 Å². The van der Waals surface area contributed by atoms with Gasteiger partial charge >= 0.3 is 11.9 Å². The third-order valence-electron chi connectivity index (χ3n) is 5.86. The predicted octanol–water partition coefficient (Wildman–Crippen LogP) is 4.07. The van der Waals surface area contributed by atoms with E-state index < -0.39 is 29.1 Å². The third-order valence-corrected chi connectivity index (χ3v) is 6.18. The molecule has 0 radical (unpaired) electrons. The normalized spacial score (nSPS) is 16.2. The van der Waals surface area contributed by atoms with Gasteiger partial charge in [0.05, 0.1) is 36.4 Å². The Hall–Kier alpha value is -2.42. The van der Waals surface area contributed by atoms with Crippen LogP contribution in [0.3, 0.4) is 0 Å². The van der Waals surface area contributed by atoms with Gasteiger partial charge in [-0.15, -0.1) is 0 Å². The molecule has 1 aromatic rings. The molecule has 0 amide bonds. The molecule has 1 aromatic carbocycles. The van der Waals surface area contributed by atoms with E-state index in [9.17, 15) is 19.8 Å². The Balaban J connectivity index is 2.83. The molecule has 0 atom stereocenters. The lowest BCUT2D eigenvalue weighted by Gasteiger charge is -2.47. The topological polar surface area (TPSA) is 96.3 Å². The number of nitrogens with zero attached hydrogens (tertiary/aromatic N) is 1. The van der Waals surface area contributed by atoms with E-state index in [1.165, 1.54) is 12.1 Å². The van der Waals surface area contributed by atoms with Crippen molar-refractivity contribution in [3.8, 4) is 0 Å². The fourth-order valence-corrected chi connectivity index (χ4v) is 4.90. The first-order valence-corrected chi connectivity index (χ1v) is 10.6. The summed E-state index contributed by atoms with van der Waals surface area (Å²) in [5.41, 5.74) is -1.78. The first-order chi connectivity index (χ1) is 15.0. The van der Waals surface area contributed by atoms with Crippen molar-refractivity contribution in [2.24, 2.45) is 5.92 Å². The Bertz CT molecular complexity index is 898. The van der Waals surface area contributed by atoms with Gasteiger partial charge in [-0.1, -0.05) is 31.5 Å².